The van der Waals surface area contributed by atoms with E-state index >= 15 is 4.79 Å². The Kier molecular flexibility index (Phi) is 8.25. The smallest absolute Gasteiger partial charge is 0.264 e. The van der Waals surface area contributed by atoms with Crippen LogP contribution in [0, 0.1) is 11.3 Å². The predicted molar refractivity (Wildman–Crippen MR) is 209 cm³/mol. The number of sulfonamides is 1. The summed E-state index contributed by atoms with van der Waals surface area (Å²) >= 11 is 0. The maximum absolute atomic E-state index is 15.4. The first-order chi connectivity index (χ1) is 26.2. The Bertz CT molecular complexity index is 2260. The Hall–Kier alpha value is -4.15. The first-order valence-electron chi connectivity index (χ1n) is 20.2. The molecule has 3 unspecified atom stereocenters. The molecule has 3 aliphatic heterocycles. The number of nitrogens with zero attached hydrogens (tertiary/aromatic N) is 3. The number of carbonyl (C=O) groups excluding carboxylic acids is 2. The summed E-state index contributed by atoms with van der Waals surface area (Å²) in [5.41, 5.74) is 6.73. The minimum atomic E-state index is -3.71. The van der Waals surface area contributed by atoms with E-state index in [0.29, 0.717) is 36.8 Å². The van der Waals surface area contributed by atoms with Gasteiger partial charge in [-0.3, -0.25) is 14.5 Å². The van der Waals surface area contributed by atoms with Crippen LogP contribution < -0.4 is 9.46 Å². The number of hydrogen-bond acceptors (Lipinski definition) is 6. The van der Waals surface area contributed by atoms with E-state index in [4.69, 9.17) is 4.74 Å². The van der Waals surface area contributed by atoms with Gasteiger partial charge in [-0.25, -0.2) is 13.1 Å². The largest absolute Gasteiger partial charge is 0.497 e. The molecule has 9 nitrogen and oxygen atoms in total. The highest BCUT2D eigenvalue weighted by Gasteiger charge is 2.65. The van der Waals surface area contributed by atoms with Crippen molar-refractivity contribution >= 4 is 32.7 Å². The zero-order valence-electron chi connectivity index (χ0n) is 31.1. The first-order valence-corrected chi connectivity index (χ1v) is 21.8. The number of piperidine rings is 1. The lowest BCUT2D eigenvalue weighted by Crippen LogP contribution is -2.52. The fraction of sp³-hybridized carbons (Fsp3) is 0.500. The van der Waals surface area contributed by atoms with Crippen LogP contribution in [0.25, 0.3) is 22.2 Å². The molecule has 10 rings (SSSR count). The van der Waals surface area contributed by atoms with Crippen molar-refractivity contribution in [2.24, 2.45) is 11.3 Å². The third kappa shape index (κ3) is 5.69. The van der Waals surface area contributed by atoms with E-state index in [2.05, 4.69) is 61.6 Å². The number of amides is 2. The number of carbonyl (C=O) groups is 2. The van der Waals surface area contributed by atoms with Crippen molar-refractivity contribution in [3.05, 3.63) is 89.0 Å². The molecule has 4 heterocycles. The van der Waals surface area contributed by atoms with E-state index in [1.165, 1.54) is 36.0 Å². The Morgan fingerprint density at radius 1 is 0.907 bits per heavy atom. The van der Waals surface area contributed by atoms with Gasteiger partial charge in [-0.2, -0.15) is 0 Å². The van der Waals surface area contributed by atoms with Gasteiger partial charge in [0.15, 0.2) is 0 Å². The van der Waals surface area contributed by atoms with Crippen LogP contribution in [0.1, 0.15) is 103 Å². The summed E-state index contributed by atoms with van der Waals surface area (Å²) < 4.78 is 36.2. The lowest BCUT2D eigenvalue weighted by Gasteiger charge is -2.39. The first kappa shape index (κ1) is 34.3. The van der Waals surface area contributed by atoms with Crippen molar-refractivity contribution in [1.29, 1.82) is 0 Å². The van der Waals surface area contributed by atoms with E-state index in [1.807, 2.05) is 18.2 Å². The molecule has 282 valence electrons. The van der Waals surface area contributed by atoms with Crippen LogP contribution in [0.4, 0.5) is 0 Å². The van der Waals surface area contributed by atoms with E-state index in [1.54, 1.807) is 13.2 Å². The minimum Gasteiger partial charge on any atom is -0.497 e. The maximum atomic E-state index is 15.4. The molecule has 0 radical (unpaired) electrons. The molecule has 2 saturated heterocycles. The van der Waals surface area contributed by atoms with Crippen molar-refractivity contribution in [3.63, 3.8) is 0 Å². The van der Waals surface area contributed by atoms with Crippen LogP contribution in [-0.2, 0) is 27.9 Å². The van der Waals surface area contributed by atoms with Crippen molar-refractivity contribution in [3.8, 4) is 17.0 Å². The molecule has 3 aromatic carbocycles. The molecule has 0 spiro atoms. The Morgan fingerprint density at radius 3 is 2.50 bits per heavy atom. The van der Waals surface area contributed by atoms with Crippen LogP contribution in [0.2, 0.25) is 0 Å². The Labute approximate surface area is 318 Å². The van der Waals surface area contributed by atoms with Crippen LogP contribution >= 0.6 is 0 Å². The van der Waals surface area contributed by atoms with Gasteiger partial charge in [0, 0.05) is 66.7 Å². The standard InChI is InChI=1S/C44H50N4O5S/c1-53-32-15-19-34-36(22-32)37-23-44(37,43(50)47-20-8-13-31-25-46(26-39(31)47)24-28-9-4-2-5-10-28)27-48-38-21-30(42(49)45-54(51,52)33-16-17-33)14-18-35(38)40(41(34)48)29-11-6-3-7-12-29/h2,4-5,9-10,14-15,18-19,21-22,29,31,33,37,39H,3,6-8,11-13,16-17,20,23-27H2,1H3,(H,45,49)/t31-,37?,39?,44?/m0/s1. The molecule has 3 saturated carbocycles. The molecule has 6 aliphatic rings. The lowest BCUT2D eigenvalue weighted by atomic mass is 9.81. The second-order valence-corrected chi connectivity index (χ2v) is 19.1. The summed E-state index contributed by atoms with van der Waals surface area (Å²) in [5, 5.41) is 0.617. The number of hydrogen-bond donors (Lipinski definition) is 1. The lowest BCUT2D eigenvalue weighted by molar-refractivity contribution is -0.142. The average molecular weight is 747 g/mol. The number of likely N-dealkylation sites (tertiary alicyclic amines) is 2. The van der Waals surface area contributed by atoms with Gasteiger partial charge in [-0.1, -0.05) is 55.7 Å². The van der Waals surface area contributed by atoms with Crippen molar-refractivity contribution in [2.45, 2.75) is 100 Å². The molecule has 0 bridgehead atoms. The Balaban J connectivity index is 1.08. The van der Waals surface area contributed by atoms with Crippen LogP contribution in [0.15, 0.2) is 66.7 Å². The van der Waals surface area contributed by atoms with Gasteiger partial charge in [-0.05, 0) is 104 Å². The normalized spacial score (nSPS) is 26.7. The van der Waals surface area contributed by atoms with Gasteiger partial charge in [0.05, 0.1) is 23.5 Å². The number of ether oxygens (including phenoxy) is 1. The fourth-order valence-corrected chi connectivity index (χ4v) is 12.1. The molecule has 54 heavy (non-hydrogen) atoms. The summed E-state index contributed by atoms with van der Waals surface area (Å²) in [6.45, 7) is 4.11. The number of nitrogens with one attached hydrogen (secondary N) is 1. The van der Waals surface area contributed by atoms with Gasteiger partial charge in [-0.15, -0.1) is 0 Å². The van der Waals surface area contributed by atoms with Crippen molar-refractivity contribution < 1.29 is 22.7 Å². The van der Waals surface area contributed by atoms with Crippen LogP contribution in [0.5, 0.6) is 5.75 Å². The second kappa shape index (κ2) is 13.0. The summed E-state index contributed by atoms with van der Waals surface area (Å²) in [4.78, 5) is 33.8. The molecule has 1 N–H and O–H groups in total. The highest BCUT2D eigenvalue weighted by atomic mass is 32.2. The fourth-order valence-electron chi connectivity index (χ4n) is 10.8. The molecule has 3 aliphatic carbocycles. The van der Waals surface area contributed by atoms with Crippen LogP contribution in [0.3, 0.4) is 0 Å². The molecular weight excluding hydrogens is 697 g/mol. The van der Waals surface area contributed by atoms with Crippen molar-refractivity contribution in [2.75, 3.05) is 26.7 Å². The number of methoxy groups -OCH3 is 1. The van der Waals surface area contributed by atoms with E-state index in [0.717, 1.165) is 86.2 Å². The summed E-state index contributed by atoms with van der Waals surface area (Å²) in [7, 11) is -2.00. The topological polar surface area (TPSA) is 101 Å². The molecule has 4 aromatic rings. The maximum Gasteiger partial charge on any atom is 0.264 e. The van der Waals surface area contributed by atoms with E-state index in [9.17, 15) is 13.2 Å². The predicted octanol–water partition coefficient (Wildman–Crippen LogP) is 7.20. The number of fused-ring (bicyclic) bond motifs is 8. The van der Waals surface area contributed by atoms with Gasteiger partial charge < -0.3 is 14.2 Å². The number of benzene rings is 3. The third-order valence-corrected chi connectivity index (χ3v) is 15.6. The van der Waals surface area contributed by atoms with Crippen molar-refractivity contribution in [1.82, 2.24) is 19.1 Å². The van der Waals surface area contributed by atoms with Crippen LogP contribution in [-0.4, -0.2) is 72.6 Å². The zero-order chi connectivity index (χ0) is 36.8. The van der Waals surface area contributed by atoms with Gasteiger partial charge >= 0.3 is 0 Å². The highest BCUT2D eigenvalue weighted by Crippen LogP contribution is 2.66. The zero-order valence-corrected chi connectivity index (χ0v) is 32.0. The summed E-state index contributed by atoms with van der Waals surface area (Å²) in [5.74, 6) is 1.35. The van der Waals surface area contributed by atoms with E-state index in [-0.39, 0.29) is 17.9 Å². The Morgan fingerprint density at radius 2 is 1.72 bits per heavy atom. The second-order valence-electron chi connectivity index (χ2n) is 17.1. The molecule has 1 aromatic heterocycles. The van der Waals surface area contributed by atoms with Gasteiger partial charge in [0.25, 0.3) is 5.91 Å². The number of aromatic nitrogens is 1. The quantitative estimate of drug-likeness (QED) is 0.205. The molecular formula is C44H50N4O5S. The molecule has 4 atom stereocenters. The molecule has 2 amide bonds. The third-order valence-electron chi connectivity index (χ3n) is 13.8. The summed E-state index contributed by atoms with van der Waals surface area (Å²) in [6.07, 6.45) is 9.90. The molecule has 10 heteroatoms. The monoisotopic (exact) mass is 746 g/mol. The average Bonchev–Trinajstić information content (AvgIpc) is 4.11. The van der Waals surface area contributed by atoms with Gasteiger partial charge in [0.2, 0.25) is 15.9 Å². The van der Waals surface area contributed by atoms with E-state index < -0.39 is 26.6 Å². The van der Waals surface area contributed by atoms with Gasteiger partial charge in [0.1, 0.15) is 5.75 Å². The SMILES string of the molecule is COc1ccc2c(c1)C1CC1(C(=O)N1CCC[C@H]3CN(Cc4ccccc4)CC31)Cn1c-2c(C2CCCCC2)c2ccc(C(=O)NS(=O)(=O)C3CC3)cc21. The summed E-state index contributed by atoms with van der Waals surface area (Å²) in [6, 6.07) is 23.0. The highest BCUT2D eigenvalue weighted by molar-refractivity contribution is 7.91. The number of rotatable bonds is 8. The molecule has 5 fully saturated rings. The minimum absolute atomic E-state index is 0.0571.